The highest BCUT2D eigenvalue weighted by molar-refractivity contribution is 7.09. The zero-order valence-corrected chi connectivity index (χ0v) is 12.9. The molecule has 1 N–H and O–H groups in total. The highest BCUT2D eigenvalue weighted by Crippen LogP contribution is 2.42. The van der Waals surface area contributed by atoms with Gasteiger partial charge < -0.3 is 5.32 Å². The van der Waals surface area contributed by atoms with Crippen LogP contribution in [0.1, 0.15) is 58.4 Å². The lowest BCUT2D eigenvalue weighted by atomic mass is 9.73. The molecule has 1 fully saturated rings. The zero-order valence-electron chi connectivity index (χ0n) is 12.1. The first-order valence-corrected chi connectivity index (χ1v) is 8.09. The normalized spacial score (nSPS) is 29.1. The number of nitrogens with one attached hydrogen (secondary N) is 1. The van der Waals surface area contributed by atoms with Gasteiger partial charge in [-0.25, -0.2) is 4.98 Å². The Bertz CT molecular complexity index is 349. The predicted molar refractivity (Wildman–Crippen MR) is 78.9 cm³/mol. The number of rotatable bonds is 4. The van der Waals surface area contributed by atoms with Crippen molar-refractivity contribution in [3.05, 3.63) is 16.6 Å². The first-order valence-electron chi connectivity index (χ1n) is 7.21. The Morgan fingerprint density at radius 3 is 2.39 bits per heavy atom. The Morgan fingerprint density at radius 2 is 1.94 bits per heavy atom. The first-order chi connectivity index (χ1) is 8.53. The quantitative estimate of drug-likeness (QED) is 0.884. The maximum absolute atomic E-state index is 4.59. The molecule has 1 aliphatic rings. The molecular weight excluding hydrogens is 240 g/mol. The zero-order chi connectivity index (χ0) is 13.2. The largest absolute Gasteiger partial charge is 0.303 e. The Kier molecular flexibility index (Phi) is 4.44. The summed E-state index contributed by atoms with van der Waals surface area (Å²) in [7, 11) is 0. The molecule has 1 aromatic heterocycles. The molecule has 2 rings (SSSR count). The van der Waals surface area contributed by atoms with Crippen LogP contribution in [0.25, 0.3) is 0 Å². The Balaban J connectivity index is 2.14. The van der Waals surface area contributed by atoms with Gasteiger partial charge in [-0.2, -0.15) is 0 Å². The van der Waals surface area contributed by atoms with E-state index in [1.807, 2.05) is 6.20 Å². The predicted octanol–water partition coefficient (Wildman–Crippen LogP) is 4.18. The minimum Gasteiger partial charge on any atom is -0.303 e. The number of aromatic nitrogens is 1. The van der Waals surface area contributed by atoms with Gasteiger partial charge in [0.1, 0.15) is 5.01 Å². The number of nitrogens with zero attached hydrogens (tertiary/aromatic N) is 1. The van der Waals surface area contributed by atoms with E-state index in [0.717, 1.165) is 11.8 Å². The smallest absolute Gasteiger partial charge is 0.113 e. The molecule has 0 radical (unpaired) electrons. The average Bonchev–Trinajstić information content (AvgIpc) is 2.82. The van der Waals surface area contributed by atoms with Gasteiger partial charge in [-0.05, 0) is 51.4 Å². The summed E-state index contributed by atoms with van der Waals surface area (Å²) < 4.78 is 0. The molecule has 0 atom stereocenters. The molecule has 18 heavy (non-hydrogen) atoms. The molecule has 0 aliphatic heterocycles. The van der Waals surface area contributed by atoms with Crippen molar-refractivity contribution in [1.82, 2.24) is 10.3 Å². The van der Waals surface area contributed by atoms with Gasteiger partial charge in [0.15, 0.2) is 0 Å². The third-order valence-corrected chi connectivity index (χ3v) is 5.21. The summed E-state index contributed by atoms with van der Waals surface area (Å²) in [4.78, 5) is 4.59. The summed E-state index contributed by atoms with van der Waals surface area (Å²) in [6, 6.07) is 0.518. The van der Waals surface area contributed by atoms with Gasteiger partial charge in [-0.1, -0.05) is 13.8 Å². The minimum absolute atomic E-state index is 0.147. The second-order valence-corrected chi connectivity index (χ2v) is 7.19. The Morgan fingerprint density at radius 1 is 1.28 bits per heavy atom. The monoisotopic (exact) mass is 266 g/mol. The fourth-order valence-electron chi connectivity index (χ4n) is 3.23. The lowest BCUT2D eigenvalue weighted by molar-refractivity contribution is 0.151. The van der Waals surface area contributed by atoms with Crippen LogP contribution in [0.4, 0.5) is 0 Å². The van der Waals surface area contributed by atoms with E-state index in [0.29, 0.717) is 6.04 Å². The summed E-state index contributed by atoms with van der Waals surface area (Å²) in [5.74, 6) is 1.71. The third kappa shape index (κ3) is 2.94. The molecule has 0 aromatic carbocycles. The molecule has 0 spiro atoms. The number of hydrogen-bond acceptors (Lipinski definition) is 3. The highest BCUT2D eigenvalue weighted by atomic mass is 32.1. The minimum atomic E-state index is 0.147. The van der Waals surface area contributed by atoms with Gasteiger partial charge in [0.05, 0.1) is 5.54 Å². The third-order valence-electron chi connectivity index (χ3n) is 4.23. The van der Waals surface area contributed by atoms with Gasteiger partial charge in [-0.15, -0.1) is 11.3 Å². The van der Waals surface area contributed by atoms with Crippen molar-refractivity contribution in [2.24, 2.45) is 11.8 Å². The van der Waals surface area contributed by atoms with Crippen LogP contribution in [0, 0.1) is 11.8 Å². The second-order valence-electron chi connectivity index (χ2n) is 6.30. The maximum Gasteiger partial charge on any atom is 0.113 e. The van der Waals surface area contributed by atoms with E-state index in [-0.39, 0.29) is 5.54 Å². The van der Waals surface area contributed by atoms with Crippen LogP contribution in [0.15, 0.2) is 11.6 Å². The number of thiazole rings is 1. The first kappa shape index (κ1) is 14.0. The SMILES string of the molecule is CC(C)NC1(c2nccs2)CCC(C(C)C)CC1. The second kappa shape index (κ2) is 5.70. The van der Waals surface area contributed by atoms with Crippen LogP contribution in [0.3, 0.4) is 0 Å². The summed E-state index contributed by atoms with van der Waals surface area (Å²) in [6.45, 7) is 9.20. The van der Waals surface area contributed by atoms with Crippen LogP contribution >= 0.6 is 11.3 Å². The van der Waals surface area contributed by atoms with Crippen molar-refractivity contribution >= 4 is 11.3 Å². The number of hydrogen-bond donors (Lipinski definition) is 1. The van der Waals surface area contributed by atoms with E-state index in [9.17, 15) is 0 Å². The van der Waals surface area contributed by atoms with Gasteiger partial charge in [0, 0.05) is 17.6 Å². The van der Waals surface area contributed by atoms with E-state index in [2.05, 4.69) is 43.4 Å². The van der Waals surface area contributed by atoms with Crippen molar-refractivity contribution < 1.29 is 0 Å². The van der Waals surface area contributed by atoms with Crippen molar-refractivity contribution in [3.8, 4) is 0 Å². The summed E-state index contributed by atoms with van der Waals surface area (Å²) in [6.07, 6.45) is 7.08. The standard InChI is InChI=1S/C15H26N2S/c1-11(2)13-5-7-15(8-6-13,17-12(3)4)14-16-9-10-18-14/h9-13,17H,5-8H2,1-4H3. The molecule has 1 saturated carbocycles. The van der Waals surface area contributed by atoms with Gasteiger partial charge in [0.25, 0.3) is 0 Å². The van der Waals surface area contributed by atoms with E-state index >= 15 is 0 Å². The molecule has 102 valence electrons. The summed E-state index contributed by atoms with van der Waals surface area (Å²) in [5, 5.41) is 7.20. The van der Waals surface area contributed by atoms with Crippen molar-refractivity contribution in [2.75, 3.05) is 0 Å². The maximum atomic E-state index is 4.59. The Hall–Kier alpha value is -0.410. The molecule has 1 heterocycles. The lowest BCUT2D eigenvalue weighted by Crippen LogP contribution is -2.48. The molecule has 1 aliphatic carbocycles. The van der Waals surface area contributed by atoms with Crippen molar-refractivity contribution in [2.45, 2.75) is 65.0 Å². The summed E-state index contributed by atoms with van der Waals surface area (Å²) in [5.41, 5.74) is 0.147. The van der Waals surface area contributed by atoms with E-state index in [4.69, 9.17) is 0 Å². The molecule has 0 saturated heterocycles. The highest BCUT2D eigenvalue weighted by Gasteiger charge is 2.39. The van der Waals surface area contributed by atoms with Crippen LogP contribution in [-0.4, -0.2) is 11.0 Å². The van der Waals surface area contributed by atoms with Gasteiger partial charge >= 0.3 is 0 Å². The van der Waals surface area contributed by atoms with Crippen LogP contribution in [0.5, 0.6) is 0 Å². The molecular formula is C15H26N2S. The molecule has 0 bridgehead atoms. The topological polar surface area (TPSA) is 24.9 Å². The fourth-order valence-corrected chi connectivity index (χ4v) is 4.09. The average molecular weight is 266 g/mol. The van der Waals surface area contributed by atoms with Gasteiger partial charge in [0.2, 0.25) is 0 Å². The van der Waals surface area contributed by atoms with E-state index in [1.165, 1.54) is 30.7 Å². The molecule has 0 unspecified atom stereocenters. The molecule has 3 heteroatoms. The van der Waals surface area contributed by atoms with Gasteiger partial charge in [-0.3, -0.25) is 0 Å². The van der Waals surface area contributed by atoms with Crippen LogP contribution in [0.2, 0.25) is 0 Å². The van der Waals surface area contributed by atoms with E-state index < -0.39 is 0 Å². The Labute approximate surface area is 115 Å². The lowest BCUT2D eigenvalue weighted by Gasteiger charge is -2.42. The van der Waals surface area contributed by atoms with E-state index in [1.54, 1.807) is 11.3 Å². The fraction of sp³-hybridized carbons (Fsp3) is 0.800. The molecule has 0 amide bonds. The molecule has 1 aromatic rings. The van der Waals surface area contributed by atoms with Crippen molar-refractivity contribution in [3.63, 3.8) is 0 Å². The summed E-state index contributed by atoms with van der Waals surface area (Å²) >= 11 is 1.81. The molecule has 2 nitrogen and oxygen atoms in total. The van der Waals surface area contributed by atoms with Crippen molar-refractivity contribution in [1.29, 1.82) is 0 Å². The van der Waals surface area contributed by atoms with Crippen LogP contribution < -0.4 is 5.32 Å². The van der Waals surface area contributed by atoms with Crippen LogP contribution in [-0.2, 0) is 5.54 Å².